The summed E-state index contributed by atoms with van der Waals surface area (Å²) in [7, 11) is 0. The third-order valence-electron chi connectivity index (χ3n) is 7.94. The van der Waals surface area contributed by atoms with E-state index in [2.05, 4.69) is 5.32 Å². The second-order valence-corrected chi connectivity index (χ2v) is 10.3. The van der Waals surface area contributed by atoms with Crippen molar-refractivity contribution in [1.29, 1.82) is 0 Å². The Bertz CT molecular complexity index is 656. The van der Waals surface area contributed by atoms with Crippen LogP contribution in [0.5, 0.6) is 0 Å². The Labute approximate surface area is 174 Å². The van der Waals surface area contributed by atoms with Gasteiger partial charge in [0.1, 0.15) is 0 Å². The topological polar surface area (TPSA) is 75.7 Å². The van der Waals surface area contributed by atoms with Crippen LogP contribution in [0.25, 0.3) is 0 Å². The van der Waals surface area contributed by atoms with Gasteiger partial charge in [-0.25, -0.2) is 0 Å². The summed E-state index contributed by atoms with van der Waals surface area (Å²) in [5.74, 6) is 0.654. The second kappa shape index (κ2) is 7.92. The largest absolute Gasteiger partial charge is 0.455 e. The molecule has 5 fully saturated rings. The van der Waals surface area contributed by atoms with E-state index in [0.29, 0.717) is 30.8 Å². The summed E-state index contributed by atoms with van der Waals surface area (Å²) in [5, 5.41) is 3.18. The molecule has 5 saturated carbocycles. The Morgan fingerprint density at radius 2 is 1.69 bits per heavy atom. The molecule has 0 spiro atoms. The maximum Gasteiger partial charge on any atom is 0.312 e. The fraction of sp³-hybridized carbons (Fsp3) is 0.870. The molecule has 6 heteroatoms. The number of rotatable bonds is 6. The third-order valence-corrected chi connectivity index (χ3v) is 7.94. The summed E-state index contributed by atoms with van der Waals surface area (Å²) in [4.78, 5) is 39.7. The van der Waals surface area contributed by atoms with E-state index in [4.69, 9.17) is 4.74 Å². The summed E-state index contributed by atoms with van der Waals surface area (Å²) < 4.78 is 5.67. The molecule has 29 heavy (non-hydrogen) atoms. The van der Waals surface area contributed by atoms with Crippen molar-refractivity contribution in [3.05, 3.63) is 0 Å². The van der Waals surface area contributed by atoms with Crippen molar-refractivity contribution in [2.45, 2.75) is 96.1 Å². The summed E-state index contributed by atoms with van der Waals surface area (Å²) in [6.45, 7) is 4.09. The van der Waals surface area contributed by atoms with E-state index in [1.165, 1.54) is 19.3 Å². The normalized spacial score (nSPS) is 35.9. The van der Waals surface area contributed by atoms with Crippen molar-refractivity contribution in [2.75, 3.05) is 13.2 Å². The molecule has 0 aromatic carbocycles. The van der Waals surface area contributed by atoms with Gasteiger partial charge >= 0.3 is 5.97 Å². The van der Waals surface area contributed by atoms with Crippen molar-refractivity contribution in [2.24, 2.45) is 17.3 Å². The fourth-order valence-corrected chi connectivity index (χ4v) is 7.42. The maximum atomic E-state index is 13.2. The van der Waals surface area contributed by atoms with E-state index in [1.807, 2.05) is 11.8 Å². The van der Waals surface area contributed by atoms with Crippen LogP contribution in [0.15, 0.2) is 0 Å². The van der Waals surface area contributed by atoms with E-state index in [1.54, 1.807) is 6.92 Å². The molecule has 5 aliphatic rings. The molecule has 0 saturated heterocycles. The lowest BCUT2D eigenvalue weighted by molar-refractivity contribution is -0.178. The number of carbonyl (C=O) groups excluding carboxylic acids is 3. The first-order valence-corrected chi connectivity index (χ1v) is 11.6. The van der Waals surface area contributed by atoms with Crippen molar-refractivity contribution < 1.29 is 19.1 Å². The van der Waals surface area contributed by atoms with E-state index < -0.39 is 5.41 Å². The highest BCUT2D eigenvalue weighted by Crippen LogP contribution is 2.62. The zero-order valence-corrected chi connectivity index (χ0v) is 18.0. The highest BCUT2D eigenvalue weighted by molar-refractivity contribution is 5.84. The highest BCUT2D eigenvalue weighted by Gasteiger charge is 2.61. The van der Waals surface area contributed by atoms with Crippen molar-refractivity contribution >= 4 is 17.8 Å². The van der Waals surface area contributed by atoms with E-state index >= 15 is 0 Å². The third kappa shape index (κ3) is 4.04. The quantitative estimate of drug-likeness (QED) is 0.690. The molecule has 0 radical (unpaired) electrons. The minimum atomic E-state index is -0.519. The standard InChI is InChI=1S/C23H36N2O4/c1-3-25(19-7-5-4-6-8-19)20(27)14-29-21(28)22-10-17-9-18(11-22)13-23(12-17,15-22)24-16(2)26/h17-19H,3-15H2,1-2H3,(H,24,26)/t17-,18-,22?,23?/m0/s1. The summed E-state index contributed by atoms with van der Waals surface area (Å²) in [6.07, 6.45) is 11.2. The van der Waals surface area contributed by atoms with Crippen molar-refractivity contribution in [1.82, 2.24) is 10.2 Å². The lowest BCUT2D eigenvalue weighted by Gasteiger charge is -2.60. The first-order valence-electron chi connectivity index (χ1n) is 11.6. The lowest BCUT2D eigenvalue weighted by atomic mass is 9.47. The number of carbonyl (C=O) groups is 3. The summed E-state index contributed by atoms with van der Waals surface area (Å²) >= 11 is 0. The van der Waals surface area contributed by atoms with Gasteiger partial charge in [-0.2, -0.15) is 0 Å². The molecule has 5 rings (SSSR count). The van der Waals surface area contributed by atoms with Gasteiger partial charge in [0.2, 0.25) is 5.91 Å². The number of nitrogens with zero attached hydrogens (tertiary/aromatic N) is 1. The number of likely N-dealkylation sites (N-methyl/N-ethyl adjacent to an activating group) is 1. The van der Waals surface area contributed by atoms with Crippen LogP contribution in [0.4, 0.5) is 0 Å². The highest BCUT2D eigenvalue weighted by atomic mass is 16.5. The van der Waals surface area contributed by atoms with Crippen LogP contribution >= 0.6 is 0 Å². The van der Waals surface area contributed by atoms with E-state index in [0.717, 1.165) is 44.9 Å². The minimum Gasteiger partial charge on any atom is -0.455 e. The predicted octanol–water partition coefficient (Wildman–Crippen LogP) is 3.19. The monoisotopic (exact) mass is 404 g/mol. The van der Waals surface area contributed by atoms with E-state index in [9.17, 15) is 14.4 Å². The molecule has 1 N–H and O–H groups in total. The van der Waals surface area contributed by atoms with Crippen molar-refractivity contribution in [3.8, 4) is 0 Å². The van der Waals surface area contributed by atoms with Crippen LogP contribution < -0.4 is 5.32 Å². The van der Waals surface area contributed by atoms with Crippen molar-refractivity contribution in [3.63, 3.8) is 0 Å². The van der Waals surface area contributed by atoms with Crippen LogP contribution in [0.1, 0.15) is 84.5 Å². The average Bonchev–Trinajstić information content (AvgIpc) is 2.65. The van der Waals surface area contributed by atoms with Gasteiger partial charge in [0.15, 0.2) is 6.61 Å². The molecular weight excluding hydrogens is 368 g/mol. The zero-order chi connectivity index (χ0) is 20.6. The average molecular weight is 405 g/mol. The van der Waals surface area contributed by atoms with Crippen LogP contribution in [0.3, 0.4) is 0 Å². The van der Waals surface area contributed by atoms with Gasteiger partial charge in [-0.15, -0.1) is 0 Å². The zero-order valence-electron chi connectivity index (χ0n) is 18.0. The molecule has 6 nitrogen and oxygen atoms in total. The number of ether oxygens (including phenoxy) is 1. The van der Waals surface area contributed by atoms with Gasteiger partial charge in [0, 0.05) is 25.0 Å². The smallest absolute Gasteiger partial charge is 0.312 e. The number of hydrogen-bond acceptors (Lipinski definition) is 4. The molecule has 5 aliphatic carbocycles. The van der Waals surface area contributed by atoms with Gasteiger partial charge in [-0.05, 0) is 70.1 Å². The van der Waals surface area contributed by atoms with Gasteiger partial charge in [-0.3, -0.25) is 14.4 Å². The number of esters is 1. The number of hydrogen-bond donors (Lipinski definition) is 1. The summed E-state index contributed by atoms with van der Waals surface area (Å²) in [5.41, 5.74) is -0.773. The first-order chi connectivity index (χ1) is 13.8. The van der Waals surface area contributed by atoms with E-state index in [-0.39, 0.29) is 29.9 Å². The second-order valence-electron chi connectivity index (χ2n) is 10.3. The molecule has 0 heterocycles. The van der Waals surface area contributed by atoms with Crippen LogP contribution in [-0.4, -0.2) is 47.4 Å². The Balaban J connectivity index is 1.40. The van der Waals surface area contributed by atoms with Gasteiger partial charge < -0.3 is 15.0 Å². The number of amides is 2. The molecule has 0 unspecified atom stereocenters. The fourth-order valence-electron chi connectivity index (χ4n) is 7.42. The van der Waals surface area contributed by atoms with Gasteiger partial charge in [-0.1, -0.05) is 19.3 Å². The van der Waals surface area contributed by atoms with Crippen LogP contribution in [0, 0.1) is 17.3 Å². The van der Waals surface area contributed by atoms with Gasteiger partial charge in [0.25, 0.3) is 5.91 Å². The molecule has 0 aromatic heterocycles. The molecule has 2 atom stereocenters. The molecule has 4 bridgehead atoms. The Morgan fingerprint density at radius 1 is 1.03 bits per heavy atom. The predicted molar refractivity (Wildman–Crippen MR) is 109 cm³/mol. The Kier molecular flexibility index (Phi) is 5.64. The first kappa shape index (κ1) is 20.7. The molecule has 0 aromatic rings. The molecule has 162 valence electrons. The molecular formula is C23H36N2O4. The maximum absolute atomic E-state index is 13.2. The Morgan fingerprint density at radius 3 is 2.28 bits per heavy atom. The number of nitrogens with one attached hydrogen (secondary N) is 1. The summed E-state index contributed by atoms with van der Waals surface area (Å²) in [6, 6.07) is 0.294. The van der Waals surface area contributed by atoms with Crippen LogP contribution in [-0.2, 0) is 19.1 Å². The molecule has 2 amide bonds. The SMILES string of the molecule is CCN(C(=O)COC(=O)C12C[C@@H]3C[C@H](CC(NC(C)=O)(C3)C1)C2)C1CCCCC1. The lowest BCUT2D eigenvalue weighted by Crippen LogP contribution is -2.64. The molecule has 0 aliphatic heterocycles. The Hall–Kier alpha value is -1.59. The van der Waals surface area contributed by atoms with Gasteiger partial charge in [0.05, 0.1) is 5.41 Å². The van der Waals surface area contributed by atoms with Crippen LogP contribution in [0.2, 0.25) is 0 Å². The minimum absolute atomic E-state index is 0.0169.